The standard InChI is InChI=1S/C16H22F2N2O2S/c1-23(22)9-8-19-16(21)20(14-4-2-3-5-14)11-12-10-13(17)6-7-15(12)18/h6-7,10,14H,2-5,8-9,11H2,1H3,(H,19,21). The molecule has 1 saturated carbocycles. The molecule has 0 saturated heterocycles. The van der Waals surface area contributed by atoms with E-state index in [1.54, 1.807) is 11.2 Å². The average Bonchev–Trinajstić information content (AvgIpc) is 3.01. The zero-order chi connectivity index (χ0) is 16.8. The smallest absolute Gasteiger partial charge is 0.317 e. The molecule has 2 amide bonds. The molecular formula is C16H22F2N2O2S. The summed E-state index contributed by atoms with van der Waals surface area (Å²) in [6.45, 7) is 0.339. The first kappa shape index (κ1) is 17.8. The highest BCUT2D eigenvalue weighted by molar-refractivity contribution is 7.84. The van der Waals surface area contributed by atoms with Crippen LogP contribution in [0.2, 0.25) is 0 Å². The maximum Gasteiger partial charge on any atom is 0.317 e. The van der Waals surface area contributed by atoms with Crippen molar-refractivity contribution in [2.45, 2.75) is 38.3 Å². The molecule has 0 aromatic heterocycles. The van der Waals surface area contributed by atoms with Crippen LogP contribution in [0.3, 0.4) is 0 Å². The molecule has 0 bridgehead atoms. The second-order valence-corrected chi connectivity index (χ2v) is 7.37. The number of amides is 2. The number of nitrogens with one attached hydrogen (secondary N) is 1. The number of benzene rings is 1. The third-order valence-corrected chi connectivity index (χ3v) is 4.82. The number of carbonyl (C=O) groups is 1. The molecule has 0 spiro atoms. The lowest BCUT2D eigenvalue weighted by atomic mass is 10.1. The Labute approximate surface area is 137 Å². The molecule has 1 aliphatic carbocycles. The van der Waals surface area contributed by atoms with E-state index in [-0.39, 0.29) is 24.2 Å². The van der Waals surface area contributed by atoms with Gasteiger partial charge in [-0.15, -0.1) is 0 Å². The minimum atomic E-state index is -0.985. The fraction of sp³-hybridized carbons (Fsp3) is 0.562. The van der Waals surface area contributed by atoms with E-state index >= 15 is 0 Å². The average molecular weight is 344 g/mol. The van der Waals surface area contributed by atoms with Crippen molar-refractivity contribution in [2.75, 3.05) is 18.6 Å². The van der Waals surface area contributed by atoms with Crippen molar-refractivity contribution in [1.82, 2.24) is 10.2 Å². The van der Waals surface area contributed by atoms with Gasteiger partial charge in [0.25, 0.3) is 0 Å². The molecule has 1 aromatic carbocycles. The molecule has 0 heterocycles. The zero-order valence-corrected chi connectivity index (χ0v) is 14.0. The van der Waals surface area contributed by atoms with Crippen LogP contribution < -0.4 is 5.32 Å². The first-order chi connectivity index (χ1) is 11.0. The van der Waals surface area contributed by atoms with Gasteiger partial charge in [0.1, 0.15) is 11.6 Å². The largest absolute Gasteiger partial charge is 0.337 e. The highest BCUT2D eigenvalue weighted by Gasteiger charge is 2.27. The van der Waals surface area contributed by atoms with Crippen molar-refractivity contribution in [3.05, 3.63) is 35.4 Å². The minimum Gasteiger partial charge on any atom is -0.337 e. The fourth-order valence-electron chi connectivity index (χ4n) is 2.83. The Balaban J connectivity index is 2.08. The van der Waals surface area contributed by atoms with Crippen molar-refractivity contribution < 1.29 is 17.8 Å². The summed E-state index contributed by atoms with van der Waals surface area (Å²) >= 11 is 0. The van der Waals surface area contributed by atoms with Crippen molar-refractivity contribution in [1.29, 1.82) is 0 Å². The van der Waals surface area contributed by atoms with Crippen molar-refractivity contribution in [3.8, 4) is 0 Å². The van der Waals surface area contributed by atoms with E-state index in [4.69, 9.17) is 0 Å². The minimum absolute atomic E-state index is 0.0322. The van der Waals surface area contributed by atoms with Crippen molar-refractivity contribution >= 4 is 16.8 Å². The van der Waals surface area contributed by atoms with Gasteiger partial charge in [0.15, 0.2) is 0 Å². The van der Waals surface area contributed by atoms with Crippen molar-refractivity contribution in [2.24, 2.45) is 0 Å². The van der Waals surface area contributed by atoms with Gasteiger partial charge in [-0.3, -0.25) is 4.21 Å². The molecule has 23 heavy (non-hydrogen) atoms. The molecule has 1 fully saturated rings. The normalized spacial score (nSPS) is 16.3. The number of nitrogens with zero attached hydrogens (tertiary/aromatic N) is 1. The number of halogens is 2. The number of hydrogen-bond acceptors (Lipinski definition) is 2. The molecule has 4 nitrogen and oxygen atoms in total. The van der Waals surface area contributed by atoms with Crippen LogP contribution in [0.15, 0.2) is 18.2 Å². The summed E-state index contributed by atoms with van der Waals surface area (Å²) in [4.78, 5) is 14.0. The molecule has 1 unspecified atom stereocenters. The van der Waals surface area contributed by atoms with Gasteiger partial charge >= 0.3 is 6.03 Å². The van der Waals surface area contributed by atoms with Crippen LogP contribution in [0.1, 0.15) is 31.2 Å². The van der Waals surface area contributed by atoms with Gasteiger partial charge in [0, 0.05) is 41.0 Å². The van der Waals surface area contributed by atoms with E-state index in [0.717, 1.165) is 43.9 Å². The summed E-state index contributed by atoms with van der Waals surface area (Å²) in [7, 11) is -0.985. The quantitative estimate of drug-likeness (QED) is 0.863. The van der Waals surface area contributed by atoms with Crippen LogP contribution in [0.4, 0.5) is 13.6 Å². The number of hydrogen-bond donors (Lipinski definition) is 1. The van der Waals surface area contributed by atoms with E-state index in [2.05, 4.69) is 5.32 Å². The molecule has 0 aliphatic heterocycles. The van der Waals surface area contributed by atoms with Crippen LogP contribution in [0.25, 0.3) is 0 Å². The highest BCUT2D eigenvalue weighted by Crippen LogP contribution is 2.25. The Kier molecular flexibility index (Phi) is 6.50. The summed E-state index contributed by atoms with van der Waals surface area (Å²) in [6, 6.07) is 2.99. The van der Waals surface area contributed by atoms with Gasteiger partial charge in [0.2, 0.25) is 0 Å². The molecule has 1 aliphatic rings. The summed E-state index contributed by atoms with van der Waals surface area (Å²) in [5.74, 6) is -0.662. The molecule has 1 aromatic rings. The van der Waals surface area contributed by atoms with Gasteiger partial charge in [-0.05, 0) is 31.0 Å². The van der Waals surface area contributed by atoms with E-state index in [0.29, 0.717) is 12.3 Å². The Bertz CT molecular complexity index is 577. The summed E-state index contributed by atoms with van der Waals surface area (Å²) in [5, 5.41) is 2.72. The number of urea groups is 1. The monoisotopic (exact) mass is 344 g/mol. The van der Waals surface area contributed by atoms with Gasteiger partial charge in [-0.25, -0.2) is 13.6 Å². The van der Waals surface area contributed by atoms with Crippen LogP contribution in [-0.2, 0) is 17.3 Å². The highest BCUT2D eigenvalue weighted by atomic mass is 32.2. The van der Waals surface area contributed by atoms with Gasteiger partial charge in [-0.2, -0.15) is 0 Å². The van der Waals surface area contributed by atoms with E-state index in [1.165, 1.54) is 0 Å². The third-order valence-electron chi connectivity index (χ3n) is 4.04. The lowest BCUT2D eigenvalue weighted by Gasteiger charge is -2.29. The lowest BCUT2D eigenvalue weighted by Crippen LogP contribution is -2.45. The summed E-state index contributed by atoms with van der Waals surface area (Å²) in [5.41, 5.74) is 0.172. The van der Waals surface area contributed by atoms with Crippen LogP contribution in [-0.4, -0.2) is 39.7 Å². The lowest BCUT2D eigenvalue weighted by molar-refractivity contribution is 0.170. The second kappa shape index (κ2) is 8.38. The van der Waals surface area contributed by atoms with E-state index < -0.39 is 22.4 Å². The molecule has 7 heteroatoms. The maximum absolute atomic E-state index is 13.9. The molecule has 1 atom stereocenters. The Morgan fingerprint density at radius 3 is 2.70 bits per heavy atom. The van der Waals surface area contributed by atoms with Gasteiger partial charge < -0.3 is 10.2 Å². The van der Waals surface area contributed by atoms with Gasteiger partial charge in [-0.1, -0.05) is 12.8 Å². The predicted molar refractivity (Wildman–Crippen MR) is 86.5 cm³/mol. The van der Waals surface area contributed by atoms with E-state index in [9.17, 15) is 17.8 Å². The van der Waals surface area contributed by atoms with E-state index in [1.807, 2.05) is 0 Å². The molecule has 0 radical (unpaired) electrons. The molecule has 2 rings (SSSR count). The zero-order valence-electron chi connectivity index (χ0n) is 13.2. The van der Waals surface area contributed by atoms with Crippen LogP contribution in [0, 0.1) is 11.6 Å². The molecular weight excluding hydrogens is 322 g/mol. The Hall–Kier alpha value is -1.50. The number of rotatable bonds is 6. The number of carbonyl (C=O) groups excluding carboxylic acids is 1. The Morgan fingerprint density at radius 2 is 2.04 bits per heavy atom. The third kappa shape index (κ3) is 5.27. The van der Waals surface area contributed by atoms with Crippen LogP contribution >= 0.6 is 0 Å². The first-order valence-corrected chi connectivity index (χ1v) is 9.48. The SMILES string of the molecule is CS(=O)CCNC(=O)N(Cc1cc(F)ccc1F)C1CCCC1. The van der Waals surface area contributed by atoms with Crippen molar-refractivity contribution in [3.63, 3.8) is 0 Å². The van der Waals surface area contributed by atoms with Crippen LogP contribution in [0.5, 0.6) is 0 Å². The second-order valence-electron chi connectivity index (χ2n) is 5.81. The Morgan fingerprint density at radius 1 is 1.35 bits per heavy atom. The topological polar surface area (TPSA) is 49.4 Å². The first-order valence-electron chi connectivity index (χ1n) is 7.76. The summed E-state index contributed by atoms with van der Waals surface area (Å²) < 4.78 is 38.3. The maximum atomic E-state index is 13.9. The summed E-state index contributed by atoms with van der Waals surface area (Å²) in [6.07, 6.45) is 5.36. The molecule has 128 valence electrons. The molecule has 1 N–H and O–H groups in total. The predicted octanol–water partition coefficient (Wildman–Crippen LogP) is 2.80. The van der Waals surface area contributed by atoms with Gasteiger partial charge in [0.05, 0.1) is 6.54 Å². The fourth-order valence-corrected chi connectivity index (χ4v) is 3.22.